The van der Waals surface area contributed by atoms with Crippen molar-refractivity contribution in [1.29, 1.82) is 0 Å². The van der Waals surface area contributed by atoms with Crippen molar-refractivity contribution in [3.05, 3.63) is 29.8 Å². The smallest absolute Gasteiger partial charge is 0.309 e. The molecule has 5 aliphatic rings. The maximum atomic E-state index is 13.0. The molecule has 1 saturated heterocycles. The number of sulfonamides is 1. The molecular formula is C27H38N2O5S. The standard InChI is InChI=1S/C27H38N2O5S/c1-3-34-26(31)22-8-10-28(11-9-22)25(30)18-29(35(2,32)33)24-6-4-23(5-7-24)27-15-19-12-20(16-27)14-21(13-19)17-27/h4-7,19-22H,3,8-18H2,1-2H3. The lowest BCUT2D eigenvalue weighted by atomic mass is 9.48. The van der Waals surface area contributed by atoms with Gasteiger partial charge in [0.15, 0.2) is 0 Å². The number of hydrogen-bond acceptors (Lipinski definition) is 5. The van der Waals surface area contributed by atoms with E-state index in [0.29, 0.717) is 38.2 Å². The Kier molecular flexibility index (Phi) is 6.62. The second-order valence-corrected chi connectivity index (χ2v) is 13.3. The number of carbonyl (C=O) groups excluding carboxylic acids is 2. The number of anilines is 1. The van der Waals surface area contributed by atoms with E-state index < -0.39 is 10.0 Å². The highest BCUT2D eigenvalue weighted by Gasteiger charge is 2.51. The fourth-order valence-corrected chi connectivity index (χ4v) is 8.54. The molecule has 0 aromatic heterocycles. The minimum atomic E-state index is -3.63. The molecule has 0 radical (unpaired) electrons. The maximum Gasteiger partial charge on any atom is 0.309 e. The second kappa shape index (κ2) is 9.41. The lowest BCUT2D eigenvalue weighted by molar-refractivity contribution is -0.151. The molecule has 6 rings (SSSR count). The normalized spacial score (nSPS) is 30.3. The number of benzene rings is 1. The molecule has 0 atom stereocenters. The summed E-state index contributed by atoms with van der Waals surface area (Å²) in [6, 6.07) is 7.98. The molecule has 192 valence electrons. The molecule has 7 nitrogen and oxygen atoms in total. The lowest BCUT2D eigenvalue weighted by Gasteiger charge is -2.57. The molecule has 5 fully saturated rings. The number of nitrogens with zero attached hydrogens (tertiary/aromatic N) is 2. The van der Waals surface area contributed by atoms with Crippen LogP contribution in [0.15, 0.2) is 24.3 Å². The summed E-state index contributed by atoms with van der Waals surface area (Å²) in [6.45, 7) is 2.78. The van der Waals surface area contributed by atoms with E-state index in [1.807, 2.05) is 12.1 Å². The summed E-state index contributed by atoms with van der Waals surface area (Å²) >= 11 is 0. The Balaban J connectivity index is 1.27. The van der Waals surface area contributed by atoms with Gasteiger partial charge >= 0.3 is 5.97 Å². The molecule has 1 heterocycles. The SMILES string of the molecule is CCOC(=O)C1CCN(C(=O)CN(c2ccc(C34CC5CC(CC(C5)C3)C4)cc2)S(C)(=O)=O)CC1. The Bertz CT molecular complexity index is 1020. The monoisotopic (exact) mass is 502 g/mol. The van der Waals surface area contributed by atoms with E-state index in [-0.39, 0.29) is 29.8 Å². The van der Waals surface area contributed by atoms with Gasteiger partial charge in [0.05, 0.1) is 24.5 Å². The van der Waals surface area contributed by atoms with E-state index in [1.165, 1.54) is 48.4 Å². The zero-order chi connectivity index (χ0) is 24.8. The summed E-state index contributed by atoms with van der Waals surface area (Å²) in [5, 5.41) is 0. The minimum absolute atomic E-state index is 0.192. The van der Waals surface area contributed by atoms with Crippen molar-refractivity contribution in [1.82, 2.24) is 4.90 Å². The molecule has 8 heteroatoms. The summed E-state index contributed by atoms with van der Waals surface area (Å²) < 4.78 is 31.6. The van der Waals surface area contributed by atoms with E-state index >= 15 is 0 Å². The van der Waals surface area contributed by atoms with E-state index in [4.69, 9.17) is 4.74 Å². The van der Waals surface area contributed by atoms with Crippen LogP contribution in [-0.4, -0.2) is 57.7 Å². The molecule has 4 saturated carbocycles. The highest BCUT2D eigenvalue weighted by molar-refractivity contribution is 7.92. The zero-order valence-electron chi connectivity index (χ0n) is 20.9. The molecule has 1 aromatic rings. The molecule has 4 bridgehead atoms. The van der Waals surface area contributed by atoms with Gasteiger partial charge in [-0.1, -0.05) is 12.1 Å². The summed E-state index contributed by atoms with van der Waals surface area (Å²) in [6.07, 6.45) is 10.2. The Morgan fingerprint density at radius 3 is 2.03 bits per heavy atom. The van der Waals surface area contributed by atoms with Crippen LogP contribution in [-0.2, 0) is 29.8 Å². The van der Waals surface area contributed by atoms with Crippen LogP contribution >= 0.6 is 0 Å². The van der Waals surface area contributed by atoms with Gasteiger partial charge in [-0.25, -0.2) is 8.42 Å². The lowest BCUT2D eigenvalue weighted by Crippen LogP contribution is -2.48. The highest BCUT2D eigenvalue weighted by Crippen LogP contribution is 2.60. The minimum Gasteiger partial charge on any atom is -0.466 e. The first-order valence-electron chi connectivity index (χ1n) is 13.2. The van der Waals surface area contributed by atoms with Gasteiger partial charge in [0.25, 0.3) is 0 Å². The third kappa shape index (κ3) is 4.95. The van der Waals surface area contributed by atoms with Gasteiger partial charge in [-0.3, -0.25) is 13.9 Å². The predicted molar refractivity (Wildman–Crippen MR) is 134 cm³/mol. The van der Waals surface area contributed by atoms with Crippen LogP contribution in [0, 0.1) is 23.7 Å². The van der Waals surface area contributed by atoms with Crippen molar-refractivity contribution < 1.29 is 22.7 Å². The first-order valence-corrected chi connectivity index (χ1v) is 15.0. The molecule has 1 aliphatic heterocycles. The zero-order valence-corrected chi connectivity index (χ0v) is 21.8. The van der Waals surface area contributed by atoms with E-state index in [0.717, 1.165) is 24.0 Å². The predicted octanol–water partition coefficient (Wildman–Crippen LogP) is 3.72. The molecule has 0 N–H and O–H groups in total. The Hall–Kier alpha value is -2.09. The van der Waals surface area contributed by atoms with Gasteiger partial charge in [-0.15, -0.1) is 0 Å². The highest BCUT2D eigenvalue weighted by atomic mass is 32.2. The topological polar surface area (TPSA) is 84.0 Å². The molecule has 0 spiro atoms. The number of esters is 1. The van der Waals surface area contributed by atoms with Crippen molar-refractivity contribution in [2.75, 3.05) is 36.8 Å². The number of ether oxygens (including phenoxy) is 1. The third-order valence-electron chi connectivity index (χ3n) is 8.95. The molecular weight excluding hydrogens is 464 g/mol. The number of likely N-dealkylation sites (tertiary alicyclic amines) is 1. The van der Waals surface area contributed by atoms with Crippen LogP contribution < -0.4 is 4.31 Å². The van der Waals surface area contributed by atoms with Gasteiger partial charge in [-0.05, 0) is 99.2 Å². The molecule has 1 aromatic carbocycles. The Labute approximate surface area is 209 Å². The number of amides is 1. The van der Waals surface area contributed by atoms with E-state index in [9.17, 15) is 18.0 Å². The first kappa shape index (κ1) is 24.6. The number of hydrogen-bond donors (Lipinski definition) is 0. The number of rotatable bonds is 7. The fourth-order valence-electron chi connectivity index (χ4n) is 7.69. The first-order chi connectivity index (χ1) is 16.7. The molecule has 35 heavy (non-hydrogen) atoms. The van der Waals surface area contributed by atoms with Gasteiger partial charge in [0, 0.05) is 13.1 Å². The van der Waals surface area contributed by atoms with Crippen molar-refractivity contribution in [2.24, 2.45) is 23.7 Å². The van der Waals surface area contributed by atoms with Gasteiger partial charge in [0.1, 0.15) is 6.54 Å². The van der Waals surface area contributed by atoms with Crippen LogP contribution in [0.4, 0.5) is 5.69 Å². The summed E-state index contributed by atoms with van der Waals surface area (Å²) in [5.41, 5.74) is 2.12. The summed E-state index contributed by atoms with van der Waals surface area (Å²) in [5.74, 6) is 1.90. The summed E-state index contributed by atoms with van der Waals surface area (Å²) in [7, 11) is -3.63. The molecule has 1 amide bonds. The molecule has 4 aliphatic carbocycles. The van der Waals surface area contributed by atoms with Crippen LogP contribution in [0.2, 0.25) is 0 Å². The third-order valence-corrected chi connectivity index (χ3v) is 10.1. The van der Waals surface area contributed by atoms with Crippen molar-refractivity contribution in [2.45, 2.75) is 63.7 Å². The number of piperidine rings is 1. The quantitative estimate of drug-likeness (QED) is 0.531. The Morgan fingerprint density at radius 1 is 1.00 bits per heavy atom. The van der Waals surface area contributed by atoms with Crippen LogP contribution in [0.5, 0.6) is 0 Å². The molecule has 0 unspecified atom stereocenters. The van der Waals surface area contributed by atoms with Crippen LogP contribution in [0.3, 0.4) is 0 Å². The van der Waals surface area contributed by atoms with Gasteiger partial charge in [-0.2, -0.15) is 0 Å². The van der Waals surface area contributed by atoms with Crippen molar-refractivity contribution in [3.63, 3.8) is 0 Å². The Morgan fingerprint density at radius 2 is 1.54 bits per heavy atom. The fraction of sp³-hybridized carbons (Fsp3) is 0.704. The van der Waals surface area contributed by atoms with E-state index in [2.05, 4.69) is 12.1 Å². The number of carbonyl (C=O) groups is 2. The van der Waals surface area contributed by atoms with Crippen molar-refractivity contribution >= 4 is 27.6 Å². The maximum absolute atomic E-state index is 13.0. The van der Waals surface area contributed by atoms with Gasteiger partial charge < -0.3 is 9.64 Å². The van der Waals surface area contributed by atoms with Gasteiger partial charge in [0.2, 0.25) is 15.9 Å². The average Bonchev–Trinajstić information content (AvgIpc) is 2.81. The van der Waals surface area contributed by atoms with E-state index in [1.54, 1.807) is 11.8 Å². The second-order valence-electron chi connectivity index (χ2n) is 11.4. The van der Waals surface area contributed by atoms with Crippen LogP contribution in [0.1, 0.15) is 63.9 Å². The van der Waals surface area contributed by atoms with Crippen LogP contribution in [0.25, 0.3) is 0 Å². The average molecular weight is 503 g/mol. The van der Waals surface area contributed by atoms with Crippen molar-refractivity contribution in [3.8, 4) is 0 Å². The summed E-state index contributed by atoms with van der Waals surface area (Å²) in [4.78, 5) is 26.7. The largest absolute Gasteiger partial charge is 0.466 e.